The second-order valence-corrected chi connectivity index (χ2v) is 5.72. The second-order valence-electron chi connectivity index (χ2n) is 5.72. The van der Waals surface area contributed by atoms with Crippen molar-refractivity contribution in [2.75, 3.05) is 0 Å². The normalized spacial score (nSPS) is 12.6. The lowest BCUT2D eigenvalue weighted by molar-refractivity contribution is 0.404. The van der Waals surface area contributed by atoms with E-state index in [-0.39, 0.29) is 11.8 Å². The third-order valence-electron chi connectivity index (χ3n) is 3.52. The van der Waals surface area contributed by atoms with Crippen LogP contribution in [-0.2, 0) is 6.54 Å². The molecule has 0 saturated heterocycles. The number of nitrogens with one attached hydrogen (secondary N) is 1. The smallest absolute Gasteiger partial charge is 0.165 e. The van der Waals surface area contributed by atoms with E-state index in [4.69, 9.17) is 0 Å². The van der Waals surface area contributed by atoms with Crippen LogP contribution in [0.1, 0.15) is 37.4 Å². The fourth-order valence-corrected chi connectivity index (χ4v) is 2.43. The molecule has 2 rings (SSSR count). The van der Waals surface area contributed by atoms with Gasteiger partial charge in [-0.1, -0.05) is 56.3 Å². The molecule has 2 aromatic rings. The summed E-state index contributed by atoms with van der Waals surface area (Å²) in [5, 5.41) is 13.2. The monoisotopic (exact) mass is 287 g/mol. The lowest BCUT2D eigenvalue weighted by Crippen LogP contribution is -2.22. The molecular weight excluding hydrogens is 265 g/mol. The maximum atomic E-state index is 13.4. The van der Waals surface area contributed by atoms with E-state index in [9.17, 15) is 9.50 Å². The molecule has 0 aliphatic carbocycles. The molecule has 0 bridgehead atoms. The molecule has 0 spiro atoms. The van der Waals surface area contributed by atoms with Crippen LogP contribution in [0, 0.1) is 11.7 Å². The van der Waals surface area contributed by atoms with Crippen LogP contribution in [0.5, 0.6) is 5.75 Å². The van der Waals surface area contributed by atoms with Crippen LogP contribution in [0.4, 0.5) is 4.39 Å². The van der Waals surface area contributed by atoms with E-state index in [1.807, 2.05) is 18.2 Å². The Balaban J connectivity index is 2.11. The topological polar surface area (TPSA) is 32.3 Å². The number of phenols is 1. The van der Waals surface area contributed by atoms with Gasteiger partial charge in [0.2, 0.25) is 0 Å². The maximum absolute atomic E-state index is 13.4. The Morgan fingerprint density at radius 2 is 1.76 bits per heavy atom. The number of hydrogen-bond donors (Lipinski definition) is 2. The molecule has 0 saturated carbocycles. The van der Waals surface area contributed by atoms with E-state index in [0.717, 1.165) is 6.42 Å². The Bertz CT molecular complexity index is 569. The lowest BCUT2D eigenvalue weighted by Gasteiger charge is -2.21. The molecule has 2 N–H and O–H groups in total. The van der Waals surface area contributed by atoms with Crippen LogP contribution in [-0.4, -0.2) is 5.11 Å². The van der Waals surface area contributed by atoms with E-state index in [1.54, 1.807) is 12.1 Å². The van der Waals surface area contributed by atoms with Gasteiger partial charge < -0.3 is 10.4 Å². The molecule has 112 valence electrons. The molecular formula is C18H22FNO. The predicted octanol–water partition coefficient (Wildman–Crippen LogP) is 4.41. The zero-order valence-electron chi connectivity index (χ0n) is 12.5. The number of halogens is 1. The van der Waals surface area contributed by atoms with Gasteiger partial charge in [0.05, 0.1) is 0 Å². The summed E-state index contributed by atoms with van der Waals surface area (Å²) in [7, 11) is 0. The van der Waals surface area contributed by atoms with Gasteiger partial charge in [-0.25, -0.2) is 4.39 Å². The molecule has 0 fully saturated rings. The first kappa shape index (κ1) is 15.5. The quantitative estimate of drug-likeness (QED) is 0.825. The van der Waals surface area contributed by atoms with Crippen LogP contribution in [0.3, 0.4) is 0 Å². The van der Waals surface area contributed by atoms with Crippen LogP contribution < -0.4 is 5.32 Å². The van der Waals surface area contributed by atoms with Gasteiger partial charge in [-0.15, -0.1) is 0 Å². The van der Waals surface area contributed by atoms with Crippen LogP contribution in [0.15, 0.2) is 48.5 Å². The highest BCUT2D eigenvalue weighted by atomic mass is 19.1. The summed E-state index contributed by atoms with van der Waals surface area (Å²) in [5.74, 6) is -0.292. The molecule has 0 heterocycles. The molecule has 0 radical (unpaired) electrons. The summed E-state index contributed by atoms with van der Waals surface area (Å²) in [4.78, 5) is 0. The lowest BCUT2D eigenvalue weighted by atomic mass is 9.96. The van der Waals surface area contributed by atoms with Crippen molar-refractivity contribution in [2.45, 2.75) is 32.9 Å². The molecule has 2 aromatic carbocycles. The zero-order valence-corrected chi connectivity index (χ0v) is 12.5. The zero-order chi connectivity index (χ0) is 15.2. The second kappa shape index (κ2) is 7.23. The van der Waals surface area contributed by atoms with Gasteiger partial charge in [0.25, 0.3) is 0 Å². The largest absolute Gasteiger partial charge is 0.505 e. The fourth-order valence-electron chi connectivity index (χ4n) is 2.43. The van der Waals surface area contributed by atoms with Crippen molar-refractivity contribution >= 4 is 0 Å². The van der Waals surface area contributed by atoms with Crippen molar-refractivity contribution in [1.29, 1.82) is 0 Å². The van der Waals surface area contributed by atoms with Crippen molar-refractivity contribution in [3.63, 3.8) is 0 Å². The minimum absolute atomic E-state index is 0.189. The molecule has 0 aromatic heterocycles. The van der Waals surface area contributed by atoms with Crippen molar-refractivity contribution in [1.82, 2.24) is 5.32 Å². The molecule has 0 aliphatic rings. The standard InChI is InChI=1S/C18H22FNO/c1-13(2)11-17(14-7-4-3-5-8-14)20-12-15-9-6-10-16(19)18(15)21/h3-10,13,17,20-21H,11-12H2,1-2H3. The van der Waals surface area contributed by atoms with Crippen molar-refractivity contribution in [3.8, 4) is 5.75 Å². The molecule has 0 aliphatic heterocycles. The summed E-state index contributed by atoms with van der Waals surface area (Å²) >= 11 is 0. The number of para-hydroxylation sites is 1. The van der Waals surface area contributed by atoms with Crippen molar-refractivity contribution < 1.29 is 9.50 Å². The first-order valence-electron chi connectivity index (χ1n) is 7.32. The Kier molecular flexibility index (Phi) is 5.34. The first-order chi connectivity index (χ1) is 10.1. The van der Waals surface area contributed by atoms with E-state index < -0.39 is 5.82 Å². The molecule has 2 nitrogen and oxygen atoms in total. The maximum Gasteiger partial charge on any atom is 0.165 e. The average Bonchev–Trinajstić information content (AvgIpc) is 2.48. The van der Waals surface area contributed by atoms with Gasteiger partial charge in [-0.3, -0.25) is 0 Å². The highest BCUT2D eigenvalue weighted by Gasteiger charge is 2.14. The highest BCUT2D eigenvalue weighted by Crippen LogP contribution is 2.24. The Morgan fingerprint density at radius 3 is 2.43 bits per heavy atom. The minimum atomic E-state index is -0.575. The third-order valence-corrected chi connectivity index (χ3v) is 3.52. The Labute approximate surface area is 125 Å². The average molecular weight is 287 g/mol. The van der Waals surface area contributed by atoms with Gasteiger partial charge in [-0.05, 0) is 24.0 Å². The number of phenolic OH excluding ortho intramolecular Hbond substituents is 1. The number of hydrogen-bond acceptors (Lipinski definition) is 2. The molecule has 21 heavy (non-hydrogen) atoms. The minimum Gasteiger partial charge on any atom is -0.505 e. The number of benzene rings is 2. The molecule has 1 atom stereocenters. The van der Waals surface area contributed by atoms with Crippen molar-refractivity contribution in [2.24, 2.45) is 5.92 Å². The fraction of sp³-hybridized carbons (Fsp3) is 0.333. The number of rotatable bonds is 6. The van der Waals surface area contributed by atoms with Gasteiger partial charge in [0, 0.05) is 18.2 Å². The summed E-state index contributed by atoms with van der Waals surface area (Å²) in [6, 6.07) is 15.0. The third kappa shape index (κ3) is 4.30. The van der Waals surface area contributed by atoms with Crippen molar-refractivity contribution in [3.05, 3.63) is 65.5 Å². The van der Waals surface area contributed by atoms with Gasteiger partial charge in [0.1, 0.15) is 0 Å². The Morgan fingerprint density at radius 1 is 1.05 bits per heavy atom. The van der Waals surface area contributed by atoms with E-state index in [2.05, 4.69) is 31.3 Å². The van der Waals surface area contributed by atoms with Crippen LogP contribution in [0.25, 0.3) is 0 Å². The first-order valence-corrected chi connectivity index (χ1v) is 7.32. The summed E-state index contributed by atoms with van der Waals surface area (Å²) in [6.07, 6.45) is 0.986. The SMILES string of the molecule is CC(C)CC(NCc1cccc(F)c1O)c1ccccc1. The summed E-state index contributed by atoms with van der Waals surface area (Å²) in [5.41, 5.74) is 1.79. The molecule has 0 amide bonds. The Hall–Kier alpha value is -1.87. The summed E-state index contributed by atoms with van der Waals surface area (Å²) < 4.78 is 13.4. The number of aromatic hydroxyl groups is 1. The van der Waals surface area contributed by atoms with E-state index in [1.165, 1.54) is 11.6 Å². The van der Waals surface area contributed by atoms with Crippen LogP contribution in [0.2, 0.25) is 0 Å². The highest BCUT2D eigenvalue weighted by molar-refractivity contribution is 5.33. The van der Waals surface area contributed by atoms with Crippen LogP contribution >= 0.6 is 0 Å². The van der Waals surface area contributed by atoms with Gasteiger partial charge >= 0.3 is 0 Å². The van der Waals surface area contributed by atoms with E-state index >= 15 is 0 Å². The van der Waals surface area contributed by atoms with E-state index in [0.29, 0.717) is 18.0 Å². The molecule has 1 unspecified atom stereocenters. The van der Waals surface area contributed by atoms with Gasteiger partial charge in [0.15, 0.2) is 11.6 Å². The molecule has 3 heteroatoms. The predicted molar refractivity (Wildman–Crippen MR) is 83.5 cm³/mol. The summed E-state index contributed by atoms with van der Waals surface area (Å²) in [6.45, 7) is 4.80. The van der Waals surface area contributed by atoms with Gasteiger partial charge in [-0.2, -0.15) is 0 Å².